The number of hydrogen-bond donors (Lipinski definition) is 0. The molecule has 0 heterocycles. The van der Waals surface area contributed by atoms with Crippen molar-refractivity contribution in [3.63, 3.8) is 0 Å². The van der Waals surface area contributed by atoms with Crippen LogP contribution in [0.2, 0.25) is 0 Å². The molecule has 0 radical (unpaired) electrons. The summed E-state index contributed by atoms with van der Waals surface area (Å²) in [5.41, 5.74) is 1.05. The molecule has 0 atom stereocenters. The standard InChI is InChI=1S/C13H21FO3Si/c1-15-18(16-2)17-10-5-3-4-7-12-8-6-9-13(14)11-12/h6,8-9,11,18H,3-5,7,10H2,1-2H3. The first-order chi connectivity index (χ1) is 8.76. The molecule has 1 rings (SSSR count). The number of unbranched alkanes of at least 4 members (excludes halogenated alkanes) is 2. The molecule has 0 saturated carbocycles. The zero-order chi connectivity index (χ0) is 13.2. The normalized spacial score (nSPS) is 11.1. The molecule has 1 aromatic carbocycles. The van der Waals surface area contributed by atoms with E-state index in [4.69, 9.17) is 13.3 Å². The van der Waals surface area contributed by atoms with Crippen LogP contribution < -0.4 is 0 Å². The Balaban J connectivity index is 2.05. The van der Waals surface area contributed by atoms with Gasteiger partial charge in [0.1, 0.15) is 5.82 Å². The van der Waals surface area contributed by atoms with Crippen LogP contribution in [0.25, 0.3) is 0 Å². The molecule has 0 bridgehead atoms. The van der Waals surface area contributed by atoms with Crippen LogP contribution >= 0.6 is 0 Å². The van der Waals surface area contributed by atoms with E-state index in [1.54, 1.807) is 26.4 Å². The highest BCUT2D eigenvalue weighted by Gasteiger charge is 2.09. The van der Waals surface area contributed by atoms with Gasteiger partial charge in [0, 0.05) is 20.8 Å². The molecular formula is C13H21FO3Si. The number of rotatable bonds is 9. The first-order valence-corrected chi connectivity index (χ1v) is 7.59. The molecule has 0 saturated heterocycles. The summed E-state index contributed by atoms with van der Waals surface area (Å²) in [6, 6.07) is 6.77. The lowest BCUT2D eigenvalue weighted by Crippen LogP contribution is -2.24. The topological polar surface area (TPSA) is 27.7 Å². The van der Waals surface area contributed by atoms with Crippen LogP contribution in [0.3, 0.4) is 0 Å². The second-order valence-corrected chi connectivity index (χ2v) is 5.92. The summed E-state index contributed by atoms with van der Waals surface area (Å²) in [7, 11) is 1.34. The SMILES string of the molecule is CO[SiH](OC)OCCCCCc1cccc(F)c1. The Morgan fingerprint density at radius 2 is 1.89 bits per heavy atom. The van der Waals surface area contributed by atoms with Gasteiger partial charge in [-0.25, -0.2) is 4.39 Å². The smallest absolute Gasteiger partial charge is 0.379 e. The van der Waals surface area contributed by atoms with E-state index in [0.717, 1.165) is 31.2 Å². The van der Waals surface area contributed by atoms with E-state index in [0.29, 0.717) is 6.61 Å². The molecule has 0 spiro atoms. The van der Waals surface area contributed by atoms with E-state index in [1.807, 2.05) is 6.07 Å². The van der Waals surface area contributed by atoms with Gasteiger partial charge >= 0.3 is 9.53 Å². The lowest BCUT2D eigenvalue weighted by Gasteiger charge is -2.11. The highest BCUT2D eigenvalue weighted by atomic mass is 28.3. The number of benzene rings is 1. The van der Waals surface area contributed by atoms with Crippen LogP contribution in [-0.2, 0) is 19.7 Å². The first-order valence-electron chi connectivity index (χ1n) is 6.18. The van der Waals surface area contributed by atoms with Gasteiger partial charge in [0.05, 0.1) is 0 Å². The molecule has 1 aromatic rings. The minimum absolute atomic E-state index is 0.162. The Morgan fingerprint density at radius 3 is 2.56 bits per heavy atom. The van der Waals surface area contributed by atoms with Crippen LogP contribution in [0.4, 0.5) is 4.39 Å². The van der Waals surface area contributed by atoms with Crippen molar-refractivity contribution >= 4 is 9.53 Å². The molecule has 0 fully saturated rings. The minimum atomic E-state index is -1.86. The maximum atomic E-state index is 12.9. The van der Waals surface area contributed by atoms with Crippen molar-refractivity contribution < 1.29 is 17.7 Å². The van der Waals surface area contributed by atoms with Crippen molar-refractivity contribution in [3.05, 3.63) is 35.6 Å². The Morgan fingerprint density at radius 1 is 1.11 bits per heavy atom. The van der Waals surface area contributed by atoms with Gasteiger partial charge < -0.3 is 13.3 Å². The third kappa shape index (κ3) is 6.25. The molecule has 0 N–H and O–H groups in total. The van der Waals surface area contributed by atoms with Crippen LogP contribution in [-0.4, -0.2) is 30.4 Å². The molecule has 0 amide bonds. The quantitative estimate of drug-likeness (QED) is 0.511. The third-order valence-corrected chi connectivity index (χ3v) is 3.92. The van der Waals surface area contributed by atoms with Gasteiger partial charge in [-0.1, -0.05) is 18.6 Å². The lowest BCUT2D eigenvalue weighted by atomic mass is 10.1. The van der Waals surface area contributed by atoms with Crippen molar-refractivity contribution in [1.82, 2.24) is 0 Å². The van der Waals surface area contributed by atoms with Gasteiger partial charge in [-0.05, 0) is 37.0 Å². The van der Waals surface area contributed by atoms with Crippen LogP contribution in [0.1, 0.15) is 24.8 Å². The van der Waals surface area contributed by atoms with Gasteiger partial charge in [0.2, 0.25) is 0 Å². The highest BCUT2D eigenvalue weighted by Crippen LogP contribution is 2.08. The van der Waals surface area contributed by atoms with Crippen molar-refractivity contribution in [1.29, 1.82) is 0 Å². The van der Waals surface area contributed by atoms with E-state index in [1.165, 1.54) is 6.07 Å². The Labute approximate surface area is 110 Å². The van der Waals surface area contributed by atoms with Crippen LogP contribution in [0.5, 0.6) is 0 Å². The van der Waals surface area contributed by atoms with Crippen molar-refractivity contribution in [3.8, 4) is 0 Å². The highest BCUT2D eigenvalue weighted by molar-refractivity contribution is 6.36. The largest absolute Gasteiger partial charge is 0.483 e. The maximum Gasteiger partial charge on any atom is 0.483 e. The molecule has 0 aliphatic rings. The second kappa shape index (κ2) is 9.21. The average Bonchev–Trinajstić information content (AvgIpc) is 2.38. The van der Waals surface area contributed by atoms with Gasteiger partial charge in [0.25, 0.3) is 0 Å². The number of aryl methyl sites for hydroxylation is 1. The molecule has 0 aliphatic carbocycles. The second-order valence-electron chi connectivity index (χ2n) is 4.07. The Bertz CT molecular complexity index is 332. The molecule has 0 aromatic heterocycles. The summed E-state index contributed by atoms with van der Waals surface area (Å²) in [5.74, 6) is -0.162. The molecule has 5 heteroatoms. The van der Waals surface area contributed by atoms with Crippen LogP contribution in [0, 0.1) is 5.82 Å². The molecule has 0 unspecified atom stereocenters. The zero-order valence-corrected chi connectivity index (χ0v) is 12.2. The summed E-state index contributed by atoms with van der Waals surface area (Å²) >= 11 is 0. The zero-order valence-electron chi connectivity index (χ0n) is 11.0. The summed E-state index contributed by atoms with van der Waals surface area (Å²) < 4.78 is 28.4. The Kier molecular flexibility index (Phi) is 7.83. The van der Waals surface area contributed by atoms with Crippen LogP contribution in [0.15, 0.2) is 24.3 Å². The molecule has 0 aliphatic heterocycles. The van der Waals surface area contributed by atoms with Gasteiger partial charge in [0.15, 0.2) is 0 Å². The maximum absolute atomic E-state index is 12.9. The van der Waals surface area contributed by atoms with E-state index in [9.17, 15) is 4.39 Å². The number of hydrogen-bond acceptors (Lipinski definition) is 3. The predicted molar refractivity (Wildman–Crippen MR) is 71.1 cm³/mol. The van der Waals surface area contributed by atoms with Gasteiger partial charge in [-0.15, -0.1) is 0 Å². The summed E-state index contributed by atoms with van der Waals surface area (Å²) in [6.45, 7) is 0.668. The monoisotopic (exact) mass is 272 g/mol. The fraction of sp³-hybridized carbons (Fsp3) is 0.538. The molecule has 102 valence electrons. The van der Waals surface area contributed by atoms with Crippen molar-refractivity contribution in [2.45, 2.75) is 25.7 Å². The molecule has 3 nitrogen and oxygen atoms in total. The molecular weight excluding hydrogens is 251 g/mol. The fourth-order valence-corrected chi connectivity index (χ4v) is 2.54. The summed E-state index contributed by atoms with van der Waals surface area (Å²) in [5, 5.41) is 0. The first kappa shape index (κ1) is 15.3. The average molecular weight is 272 g/mol. The van der Waals surface area contributed by atoms with E-state index in [-0.39, 0.29) is 5.82 Å². The van der Waals surface area contributed by atoms with Crippen molar-refractivity contribution in [2.75, 3.05) is 20.8 Å². The Hall–Kier alpha value is -0.753. The van der Waals surface area contributed by atoms with E-state index in [2.05, 4.69) is 0 Å². The van der Waals surface area contributed by atoms with Crippen molar-refractivity contribution in [2.24, 2.45) is 0 Å². The lowest BCUT2D eigenvalue weighted by molar-refractivity contribution is 0.133. The van der Waals surface area contributed by atoms with E-state index >= 15 is 0 Å². The minimum Gasteiger partial charge on any atom is -0.379 e. The van der Waals surface area contributed by atoms with Gasteiger partial charge in [-0.2, -0.15) is 0 Å². The predicted octanol–water partition coefficient (Wildman–Crippen LogP) is 2.57. The van der Waals surface area contributed by atoms with Gasteiger partial charge in [-0.3, -0.25) is 0 Å². The van der Waals surface area contributed by atoms with E-state index < -0.39 is 9.53 Å². The molecule has 18 heavy (non-hydrogen) atoms. The third-order valence-electron chi connectivity index (χ3n) is 2.64. The summed E-state index contributed by atoms with van der Waals surface area (Å²) in [4.78, 5) is 0. The summed E-state index contributed by atoms with van der Waals surface area (Å²) in [6.07, 6.45) is 3.99. The number of halogens is 1. The fourth-order valence-electron chi connectivity index (χ4n) is 1.71.